The minimum Gasteiger partial charge on any atom is -0.357 e. The van der Waals surface area contributed by atoms with E-state index >= 15 is 0 Å². The molecule has 0 fully saturated rings. The van der Waals surface area contributed by atoms with Crippen molar-refractivity contribution in [3.8, 4) is 5.75 Å². The average molecular weight is 279 g/mol. The van der Waals surface area contributed by atoms with Gasteiger partial charge in [-0.3, -0.25) is 0 Å². The van der Waals surface area contributed by atoms with Gasteiger partial charge in [-0.2, -0.15) is 13.2 Å². The lowest BCUT2D eigenvalue weighted by molar-refractivity contribution is -0.137. The van der Waals surface area contributed by atoms with Crippen molar-refractivity contribution in [2.45, 2.75) is 13.1 Å². The van der Waals surface area contributed by atoms with Crippen LogP contribution in [-0.4, -0.2) is 5.71 Å². The third-order valence-electron chi connectivity index (χ3n) is 2.66. The molecule has 2 rings (SSSR count). The fourth-order valence-electron chi connectivity index (χ4n) is 1.56. The second-order valence-corrected chi connectivity index (χ2v) is 4.16. The molecule has 0 N–H and O–H groups in total. The first-order valence-electron chi connectivity index (χ1n) is 5.91. The summed E-state index contributed by atoms with van der Waals surface area (Å²) in [5.41, 5.74) is 0.818. The molecule has 0 aliphatic carbocycles. The Morgan fingerprint density at radius 3 is 2.10 bits per heavy atom. The maximum atomic E-state index is 12.4. The molecule has 0 spiro atoms. The predicted octanol–water partition coefficient (Wildman–Crippen LogP) is 4.51. The topological polar surface area (TPSA) is 21.6 Å². The van der Waals surface area contributed by atoms with Crippen LogP contribution in [0, 0.1) is 0 Å². The Hall–Kier alpha value is -2.30. The van der Waals surface area contributed by atoms with Crippen LogP contribution in [0.15, 0.2) is 59.8 Å². The Morgan fingerprint density at radius 1 is 0.950 bits per heavy atom. The third kappa shape index (κ3) is 3.60. The van der Waals surface area contributed by atoms with E-state index in [1.807, 2.05) is 30.3 Å². The van der Waals surface area contributed by atoms with Gasteiger partial charge in [-0.05, 0) is 36.8 Å². The molecule has 5 heteroatoms. The number of hydrogen-bond acceptors (Lipinski definition) is 2. The van der Waals surface area contributed by atoms with Gasteiger partial charge in [0.05, 0.1) is 11.3 Å². The lowest BCUT2D eigenvalue weighted by Gasteiger charge is -2.06. The van der Waals surface area contributed by atoms with Crippen LogP contribution < -0.4 is 4.84 Å². The van der Waals surface area contributed by atoms with Crippen molar-refractivity contribution < 1.29 is 18.0 Å². The van der Waals surface area contributed by atoms with Crippen LogP contribution in [0.2, 0.25) is 0 Å². The minimum absolute atomic E-state index is 0.258. The molecule has 0 amide bonds. The number of alkyl halides is 3. The molecule has 20 heavy (non-hydrogen) atoms. The number of hydrogen-bond donors (Lipinski definition) is 0. The number of rotatable bonds is 3. The summed E-state index contributed by atoms with van der Waals surface area (Å²) in [4.78, 5) is 5.11. The lowest BCUT2D eigenvalue weighted by Crippen LogP contribution is -2.04. The summed E-state index contributed by atoms with van der Waals surface area (Å²) in [5.74, 6) is 0.258. The first-order valence-corrected chi connectivity index (χ1v) is 5.91. The average Bonchev–Trinajstić information content (AvgIpc) is 2.45. The molecule has 0 atom stereocenters. The van der Waals surface area contributed by atoms with Gasteiger partial charge in [-0.25, -0.2) is 0 Å². The standard InChI is InChI=1S/C15H12F3NO/c1-11(12-5-3-2-4-6-12)19-20-14-9-7-13(8-10-14)15(16,17)18/h2-10H,1H3/b19-11+. The zero-order valence-corrected chi connectivity index (χ0v) is 10.7. The normalized spacial score (nSPS) is 12.3. The number of oxime groups is 1. The van der Waals surface area contributed by atoms with E-state index in [0.29, 0.717) is 5.71 Å². The van der Waals surface area contributed by atoms with E-state index in [1.54, 1.807) is 6.92 Å². The summed E-state index contributed by atoms with van der Waals surface area (Å²) in [6.45, 7) is 1.76. The van der Waals surface area contributed by atoms with Gasteiger partial charge in [0.1, 0.15) is 0 Å². The maximum absolute atomic E-state index is 12.4. The van der Waals surface area contributed by atoms with Crippen LogP contribution in [-0.2, 0) is 6.18 Å². The summed E-state index contributed by atoms with van der Waals surface area (Å²) in [6.07, 6.45) is -4.35. The van der Waals surface area contributed by atoms with Crippen molar-refractivity contribution in [3.63, 3.8) is 0 Å². The first-order chi connectivity index (χ1) is 9.47. The smallest absolute Gasteiger partial charge is 0.357 e. The van der Waals surface area contributed by atoms with Gasteiger partial charge in [0, 0.05) is 0 Å². The molecule has 0 aromatic heterocycles. The van der Waals surface area contributed by atoms with Crippen molar-refractivity contribution in [1.82, 2.24) is 0 Å². The van der Waals surface area contributed by atoms with Crippen molar-refractivity contribution in [1.29, 1.82) is 0 Å². The molecule has 0 bridgehead atoms. The monoisotopic (exact) mass is 279 g/mol. The van der Waals surface area contributed by atoms with E-state index in [1.165, 1.54) is 12.1 Å². The van der Waals surface area contributed by atoms with E-state index < -0.39 is 11.7 Å². The van der Waals surface area contributed by atoms with Crippen LogP contribution in [0.1, 0.15) is 18.1 Å². The minimum atomic E-state index is -4.35. The molecule has 2 aromatic rings. The summed E-state index contributed by atoms with van der Waals surface area (Å²) in [7, 11) is 0. The Kier molecular flexibility index (Phi) is 4.08. The Morgan fingerprint density at radius 2 is 1.55 bits per heavy atom. The quantitative estimate of drug-likeness (QED) is 0.598. The highest BCUT2D eigenvalue weighted by atomic mass is 19.4. The fraction of sp³-hybridized carbons (Fsp3) is 0.133. The summed E-state index contributed by atoms with van der Waals surface area (Å²) in [6, 6.07) is 13.8. The van der Waals surface area contributed by atoms with Gasteiger partial charge in [0.25, 0.3) is 0 Å². The Balaban J connectivity index is 2.08. The highest BCUT2D eigenvalue weighted by Gasteiger charge is 2.30. The van der Waals surface area contributed by atoms with E-state index in [0.717, 1.165) is 17.7 Å². The largest absolute Gasteiger partial charge is 0.416 e. The number of halogens is 3. The zero-order chi connectivity index (χ0) is 14.6. The SMILES string of the molecule is C/C(=N\Oc1ccc(C(F)(F)F)cc1)c1ccccc1. The molecular formula is C15H12F3NO. The van der Waals surface area contributed by atoms with Crippen LogP contribution >= 0.6 is 0 Å². The van der Waals surface area contributed by atoms with Crippen molar-refractivity contribution in [2.75, 3.05) is 0 Å². The van der Waals surface area contributed by atoms with Crippen molar-refractivity contribution >= 4 is 5.71 Å². The molecular weight excluding hydrogens is 267 g/mol. The van der Waals surface area contributed by atoms with Crippen molar-refractivity contribution in [2.24, 2.45) is 5.16 Å². The van der Waals surface area contributed by atoms with Gasteiger partial charge in [-0.15, -0.1) is 0 Å². The van der Waals surface area contributed by atoms with E-state index in [2.05, 4.69) is 5.16 Å². The van der Waals surface area contributed by atoms with Crippen LogP contribution in [0.4, 0.5) is 13.2 Å². The van der Waals surface area contributed by atoms with Crippen molar-refractivity contribution in [3.05, 3.63) is 65.7 Å². The molecule has 2 aromatic carbocycles. The predicted molar refractivity (Wildman–Crippen MR) is 70.7 cm³/mol. The number of benzene rings is 2. The van der Waals surface area contributed by atoms with Gasteiger partial charge in [0.2, 0.25) is 0 Å². The molecule has 0 aliphatic rings. The van der Waals surface area contributed by atoms with Gasteiger partial charge in [0.15, 0.2) is 5.75 Å². The van der Waals surface area contributed by atoms with Crippen LogP contribution in [0.25, 0.3) is 0 Å². The molecule has 0 unspecified atom stereocenters. The highest BCUT2D eigenvalue weighted by Crippen LogP contribution is 2.30. The maximum Gasteiger partial charge on any atom is 0.416 e. The molecule has 104 valence electrons. The second-order valence-electron chi connectivity index (χ2n) is 4.16. The molecule has 0 saturated heterocycles. The summed E-state index contributed by atoms with van der Waals surface area (Å²) >= 11 is 0. The van der Waals surface area contributed by atoms with Gasteiger partial charge >= 0.3 is 6.18 Å². The Labute approximate surface area is 114 Å². The summed E-state index contributed by atoms with van der Waals surface area (Å²) in [5, 5.41) is 3.89. The zero-order valence-electron chi connectivity index (χ0n) is 10.7. The highest BCUT2D eigenvalue weighted by molar-refractivity contribution is 5.98. The molecule has 0 saturated carbocycles. The Bertz CT molecular complexity index is 589. The van der Waals surface area contributed by atoms with E-state index in [4.69, 9.17) is 4.84 Å². The molecule has 2 nitrogen and oxygen atoms in total. The molecule has 0 heterocycles. The summed E-state index contributed by atoms with van der Waals surface area (Å²) < 4.78 is 37.2. The fourth-order valence-corrected chi connectivity index (χ4v) is 1.56. The molecule has 0 radical (unpaired) electrons. The second kappa shape index (κ2) is 5.77. The third-order valence-corrected chi connectivity index (χ3v) is 2.66. The van der Waals surface area contributed by atoms with Crippen LogP contribution in [0.3, 0.4) is 0 Å². The number of nitrogens with zero attached hydrogens (tertiary/aromatic N) is 1. The first kappa shape index (κ1) is 14.1. The molecule has 0 aliphatic heterocycles. The van der Waals surface area contributed by atoms with E-state index in [9.17, 15) is 13.2 Å². The van der Waals surface area contributed by atoms with Crippen LogP contribution in [0.5, 0.6) is 5.75 Å². The van der Waals surface area contributed by atoms with E-state index in [-0.39, 0.29) is 5.75 Å². The van der Waals surface area contributed by atoms with Gasteiger partial charge < -0.3 is 4.84 Å². The lowest BCUT2D eigenvalue weighted by atomic mass is 10.1. The van der Waals surface area contributed by atoms with Gasteiger partial charge in [-0.1, -0.05) is 35.5 Å².